The average Bonchev–Trinajstić information content (AvgIpc) is 2.88. The monoisotopic (exact) mass is 681 g/mol. The number of esters is 1. The van der Waals surface area contributed by atoms with E-state index in [1.54, 1.807) is 34.6 Å². The van der Waals surface area contributed by atoms with Gasteiger partial charge in [-0.25, -0.2) is 4.79 Å². The van der Waals surface area contributed by atoms with E-state index in [0.29, 0.717) is 0 Å². The third kappa shape index (κ3) is 13.3. The lowest BCUT2D eigenvalue weighted by atomic mass is 9.88. The Morgan fingerprint density at radius 1 is 0.562 bits per heavy atom. The zero-order valence-corrected chi connectivity index (χ0v) is 30.7. The van der Waals surface area contributed by atoms with Crippen LogP contribution >= 0.6 is 0 Å². The number of carbonyl (C=O) groups excluding carboxylic acids is 8. The summed E-state index contributed by atoms with van der Waals surface area (Å²) in [5.41, 5.74) is -3.34. The SMILES string of the molecule is CC(C)[C@](C)(NC(=O)/C=C/C(=O)NC(C)(C)C(=O)NC(C)(C)C(=O)NC(C)(C)C(=O)NC(C)(C)C(=O)NCC(N)=O)C(=O)OC(C)(C)C. The molecule has 272 valence electrons. The first kappa shape index (κ1) is 43.5. The van der Waals surface area contributed by atoms with Gasteiger partial charge in [-0.3, -0.25) is 33.6 Å². The molecular formula is C32H55N7O9. The van der Waals surface area contributed by atoms with E-state index >= 15 is 0 Å². The second-order valence-corrected chi connectivity index (χ2v) is 15.2. The van der Waals surface area contributed by atoms with Gasteiger partial charge in [0.25, 0.3) is 0 Å². The summed E-state index contributed by atoms with van der Waals surface area (Å²) in [5, 5.41) is 14.9. The first-order valence-electron chi connectivity index (χ1n) is 15.4. The summed E-state index contributed by atoms with van der Waals surface area (Å²) in [5.74, 6) is -6.25. The van der Waals surface area contributed by atoms with E-state index in [0.717, 1.165) is 12.2 Å². The highest BCUT2D eigenvalue weighted by atomic mass is 16.6. The van der Waals surface area contributed by atoms with E-state index in [4.69, 9.17) is 10.5 Å². The standard InChI is InChI=1S/C32H55N7O9/c1-18(2)32(14,26(47)48-27(3,4)5)36-21(42)16-15-20(41)35-29(8,9)23(44)38-31(12,13)25(46)39-30(10,11)24(45)37-28(6,7)22(43)34-17-19(33)40/h15-16,18H,17H2,1-14H3,(H2,33,40)(H,34,43)(H,35,41)(H,36,42)(H,37,45)(H,38,44)(H,39,46)/b16-15+/t32-/m0/s1. The predicted octanol–water partition coefficient (Wildman–Crippen LogP) is -0.404. The fraction of sp³-hybridized carbons (Fsp3) is 0.688. The number of ether oxygens (including phenoxy) is 1. The second-order valence-electron chi connectivity index (χ2n) is 15.2. The average molecular weight is 682 g/mol. The van der Waals surface area contributed by atoms with Gasteiger partial charge < -0.3 is 42.4 Å². The molecule has 7 amide bonds. The smallest absolute Gasteiger partial charge is 0.332 e. The second kappa shape index (κ2) is 15.6. The van der Waals surface area contributed by atoms with E-state index in [1.807, 2.05) is 0 Å². The Hall–Kier alpha value is -4.50. The molecule has 0 aromatic heterocycles. The van der Waals surface area contributed by atoms with Gasteiger partial charge in [-0.15, -0.1) is 0 Å². The molecule has 0 aliphatic heterocycles. The van der Waals surface area contributed by atoms with Crippen LogP contribution in [-0.2, 0) is 43.1 Å². The summed E-state index contributed by atoms with van der Waals surface area (Å²) < 4.78 is 5.44. The van der Waals surface area contributed by atoms with Gasteiger partial charge in [0, 0.05) is 12.2 Å². The lowest BCUT2D eigenvalue weighted by Crippen LogP contribution is -2.67. The molecule has 0 aliphatic carbocycles. The molecule has 0 bridgehead atoms. The lowest BCUT2D eigenvalue weighted by Gasteiger charge is -2.36. The van der Waals surface area contributed by atoms with Crippen LogP contribution in [0.2, 0.25) is 0 Å². The maximum Gasteiger partial charge on any atom is 0.332 e. The van der Waals surface area contributed by atoms with Crippen LogP contribution in [0.25, 0.3) is 0 Å². The van der Waals surface area contributed by atoms with Crippen molar-refractivity contribution in [3.05, 3.63) is 12.2 Å². The summed E-state index contributed by atoms with van der Waals surface area (Å²) >= 11 is 0. The number of amides is 7. The zero-order valence-electron chi connectivity index (χ0n) is 30.7. The lowest BCUT2D eigenvalue weighted by molar-refractivity contribution is -0.165. The maximum atomic E-state index is 13.2. The third-order valence-corrected chi connectivity index (χ3v) is 7.15. The molecule has 1 atom stereocenters. The largest absolute Gasteiger partial charge is 0.458 e. The highest BCUT2D eigenvalue weighted by Gasteiger charge is 2.43. The molecule has 0 saturated carbocycles. The number of nitrogens with one attached hydrogen (secondary N) is 6. The summed E-state index contributed by atoms with van der Waals surface area (Å²) in [7, 11) is 0. The summed E-state index contributed by atoms with van der Waals surface area (Å²) in [6.45, 7) is 20.7. The van der Waals surface area contributed by atoms with E-state index in [9.17, 15) is 38.4 Å². The van der Waals surface area contributed by atoms with Crippen LogP contribution in [0.5, 0.6) is 0 Å². The summed E-state index contributed by atoms with van der Waals surface area (Å²) in [6.07, 6.45) is 1.82. The first-order chi connectivity index (χ1) is 21.3. The van der Waals surface area contributed by atoms with Crippen molar-refractivity contribution in [3.63, 3.8) is 0 Å². The van der Waals surface area contributed by atoms with Crippen molar-refractivity contribution < 1.29 is 43.1 Å². The highest BCUT2D eigenvalue weighted by Crippen LogP contribution is 2.22. The van der Waals surface area contributed by atoms with Crippen molar-refractivity contribution >= 4 is 47.3 Å². The molecule has 0 radical (unpaired) electrons. The molecule has 0 aliphatic rings. The van der Waals surface area contributed by atoms with Gasteiger partial charge >= 0.3 is 5.97 Å². The van der Waals surface area contributed by atoms with E-state index in [-0.39, 0.29) is 5.92 Å². The van der Waals surface area contributed by atoms with Crippen molar-refractivity contribution in [2.24, 2.45) is 11.7 Å². The topological polar surface area (TPSA) is 244 Å². The molecule has 0 aromatic rings. The number of nitrogens with two attached hydrogens (primary N) is 1. The minimum Gasteiger partial charge on any atom is -0.458 e. The fourth-order valence-electron chi connectivity index (χ4n) is 3.55. The van der Waals surface area contributed by atoms with E-state index in [1.165, 1.54) is 62.3 Å². The Kier molecular flexibility index (Phi) is 14.1. The number of hydrogen-bond donors (Lipinski definition) is 7. The van der Waals surface area contributed by atoms with Crippen molar-refractivity contribution in [2.45, 2.75) is 130 Å². The van der Waals surface area contributed by atoms with Crippen LogP contribution < -0.4 is 37.6 Å². The number of hydrogen-bond acceptors (Lipinski definition) is 9. The summed E-state index contributed by atoms with van der Waals surface area (Å²) in [6, 6.07) is 0. The maximum absolute atomic E-state index is 13.2. The minimum atomic E-state index is -1.59. The van der Waals surface area contributed by atoms with Gasteiger partial charge in [0.1, 0.15) is 33.3 Å². The first-order valence-corrected chi connectivity index (χ1v) is 15.4. The fourth-order valence-corrected chi connectivity index (χ4v) is 3.55. The molecule has 16 nitrogen and oxygen atoms in total. The summed E-state index contributed by atoms with van der Waals surface area (Å²) in [4.78, 5) is 101. The number of carbonyl (C=O) groups is 8. The molecule has 0 unspecified atom stereocenters. The molecule has 0 rings (SSSR count). The van der Waals surface area contributed by atoms with Gasteiger partial charge in [0.2, 0.25) is 41.4 Å². The van der Waals surface area contributed by atoms with E-state index < -0.39 is 87.2 Å². The van der Waals surface area contributed by atoms with Crippen molar-refractivity contribution in [3.8, 4) is 0 Å². The van der Waals surface area contributed by atoms with Gasteiger partial charge in [0.05, 0.1) is 6.54 Å². The molecule has 0 aromatic carbocycles. The Labute approximate surface area is 282 Å². The van der Waals surface area contributed by atoms with Crippen LogP contribution in [0.1, 0.15) is 96.9 Å². The van der Waals surface area contributed by atoms with E-state index in [2.05, 4.69) is 31.9 Å². The van der Waals surface area contributed by atoms with Crippen molar-refractivity contribution in [2.75, 3.05) is 6.54 Å². The van der Waals surface area contributed by atoms with Crippen LogP contribution in [0.3, 0.4) is 0 Å². The molecule has 8 N–H and O–H groups in total. The minimum absolute atomic E-state index is 0.352. The van der Waals surface area contributed by atoms with Crippen LogP contribution in [-0.4, -0.2) is 87.2 Å². The molecule has 16 heteroatoms. The highest BCUT2D eigenvalue weighted by molar-refractivity contribution is 6.02. The van der Waals surface area contributed by atoms with Crippen molar-refractivity contribution in [1.82, 2.24) is 31.9 Å². The van der Waals surface area contributed by atoms with Crippen LogP contribution in [0, 0.1) is 5.92 Å². The normalized spacial score (nSPS) is 13.9. The molecule has 0 fully saturated rings. The predicted molar refractivity (Wildman–Crippen MR) is 177 cm³/mol. The number of primary amides is 1. The molecule has 48 heavy (non-hydrogen) atoms. The van der Waals surface area contributed by atoms with Gasteiger partial charge in [-0.1, -0.05) is 13.8 Å². The van der Waals surface area contributed by atoms with Gasteiger partial charge in [-0.2, -0.15) is 0 Å². The van der Waals surface area contributed by atoms with Crippen LogP contribution in [0.15, 0.2) is 12.2 Å². The number of rotatable bonds is 15. The Balaban J connectivity index is 5.48. The zero-order chi connectivity index (χ0) is 38.3. The van der Waals surface area contributed by atoms with Crippen LogP contribution in [0.4, 0.5) is 0 Å². The molecule has 0 spiro atoms. The quantitative estimate of drug-likeness (QED) is 0.0877. The van der Waals surface area contributed by atoms with Crippen molar-refractivity contribution in [1.29, 1.82) is 0 Å². The van der Waals surface area contributed by atoms with Gasteiger partial charge in [-0.05, 0) is 89.0 Å². The molecular weight excluding hydrogens is 626 g/mol. The molecule has 0 heterocycles. The Morgan fingerprint density at radius 2 is 0.896 bits per heavy atom. The Bertz CT molecular complexity index is 1330. The van der Waals surface area contributed by atoms with Gasteiger partial charge in [0.15, 0.2) is 0 Å². The molecule has 0 saturated heterocycles. The third-order valence-electron chi connectivity index (χ3n) is 7.15. The Morgan fingerprint density at radius 3 is 1.23 bits per heavy atom.